The van der Waals surface area contributed by atoms with Gasteiger partial charge in [-0.15, -0.1) is 0 Å². The Morgan fingerprint density at radius 3 is 2.36 bits per heavy atom. The van der Waals surface area contributed by atoms with Crippen LogP contribution in [-0.4, -0.2) is 88.7 Å². The Kier molecular flexibility index (Phi) is 12.0. The third kappa shape index (κ3) is 8.78. The SMILES string of the molecule is COc1ccc2c(c1)C(c1ccc(Cl)cc1)=N[C@@H](CC(=O)NCc1cccc(C3CCN(C(=O)c4cccc(OCC5(C6CCCC6)OC5(O)O)c4)CC3)c1)C(=N)N2C(C)=N. The number of rotatable bonds is 12. The number of likely N-dealkylation sites (tertiary alicyclic amines) is 1. The van der Waals surface area contributed by atoms with Crippen molar-refractivity contribution in [1.29, 1.82) is 10.8 Å². The summed E-state index contributed by atoms with van der Waals surface area (Å²) in [5.74, 6) is -1.09. The maximum Gasteiger partial charge on any atom is 0.313 e. The van der Waals surface area contributed by atoms with Gasteiger partial charge in [-0.2, -0.15) is 0 Å². The number of aliphatic hydroxyl groups is 2. The summed E-state index contributed by atoms with van der Waals surface area (Å²) in [6.45, 7) is 3.06. The molecule has 4 aromatic rings. The van der Waals surface area contributed by atoms with Crippen LogP contribution in [0, 0.1) is 16.7 Å². The number of ether oxygens (including phenoxy) is 3. The lowest BCUT2D eigenvalue weighted by molar-refractivity contribution is -0.154. The predicted octanol–water partition coefficient (Wildman–Crippen LogP) is 7.05. The third-order valence-electron chi connectivity index (χ3n) is 12.5. The highest BCUT2D eigenvalue weighted by Crippen LogP contribution is 2.54. The third-order valence-corrected chi connectivity index (χ3v) is 12.7. The molecule has 2 saturated heterocycles. The van der Waals surface area contributed by atoms with Crippen LogP contribution in [0.3, 0.4) is 0 Å². The average Bonchev–Trinajstić information content (AvgIpc) is 3.53. The molecule has 2 amide bonds. The first kappa shape index (κ1) is 42.1. The Balaban J connectivity index is 0.884. The number of piperidine rings is 1. The molecular weight excluding hydrogens is 796 g/mol. The molecule has 2 atom stereocenters. The van der Waals surface area contributed by atoms with Crippen LogP contribution in [0.25, 0.3) is 0 Å². The van der Waals surface area contributed by atoms with Crippen LogP contribution in [-0.2, 0) is 16.1 Å². The minimum atomic E-state index is -2.19. The molecule has 3 heterocycles. The Hall–Kier alpha value is -5.60. The van der Waals surface area contributed by atoms with E-state index in [4.69, 9.17) is 36.2 Å². The summed E-state index contributed by atoms with van der Waals surface area (Å²) in [5, 5.41) is 42.0. The zero-order valence-corrected chi connectivity index (χ0v) is 35.1. The van der Waals surface area contributed by atoms with E-state index in [0.717, 1.165) is 55.2 Å². The summed E-state index contributed by atoms with van der Waals surface area (Å²) in [6.07, 6.45) is 5.22. The molecule has 4 aromatic carbocycles. The number of fused-ring (bicyclic) bond motifs is 1. The number of amidine groups is 2. The number of carbonyl (C=O) groups is 2. The fourth-order valence-electron chi connectivity index (χ4n) is 9.06. The van der Waals surface area contributed by atoms with Crippen molar-refractivity contribution in [2.45, 2.75) is 81.9 Å². The average molecular weight is 847 g/mol. The molecule has 14 heteroatoms. The molecule has 1 saturated carbocycles. The Morgan fingerprint density at radius 1 is 0.951 bits per heavy atom. The molecule has 13 nitrogen and oxygen atoms in total. The van der Waals surface area contributed by atoms with Crippen molar-refractivity contribution in [2.75, 3.05) is 31.7 Å². The van der Waals surface area contributed by atoms with Gasteiger partial charge in [-0.25, -0.2) is 0 Å². The van der Waals surface area contributed by atoms with Crippen LogP contribution in [0.1, 0.15) is 90.4 Å². The van der Waals surface area contributed by atoms with Crippen LogP contribution >= 0.6 is 11.6 Å². The van der Waals surface area contributed by atoms with Crippen LogP contribution in [0.2, 0.25) is 5.02 Å². The smallest absolute Gasteiger partial charge is 0.313 e. The van der Waals surface area contributed by atoms with Gasteiger partial charge in [0.2, 0.25) is 5.91 Å². The lowest BCUT2D eigenvalue weighted by Crippen LogP contribution is -2.42. The second kappa shape index (κ2) is 17.4. The van der Waals surface area contributed by atoms with Crippen molar-refractivity contribution in [3.63, 3.8) is 0 Å². The number of carbonyl (C=O) groups excluding carboxylic acids is 2. The largest absolute Gasteiger partial charge is 0.497 e. The van der Waals surface area contributed by atoms with Crippen molar-refractivity contribution in [1.82, 2.24) is 10.2 Å². The maximum absolute atomic E-state index is 13.6. The number of benzene rings is 4. The van der Waals surface area contributed by atoms with Gasteiger partial charge in [0.05, 0.1) is 24.9 Å². The van der Waals surface area contributed by atoms with E-state index in [1.54, 1.807) is 62.6 Å². The van der Waals surface area contributed by atoms with Crippen molar-refractivity contribution >= 4 is 46.5 Å². The van der Waals surface area contributed by atoms with Crippen molar-refractivity contribution in [3.05, 3.63) is 124 Å². The molecule has 3 aliphatic heterocycles. The Labute approximate surface area is 360 Å². The van der Waals surface area contributed by atoms with Gasteiger partial charge in [-0.05, 0) is 104 Å². The van der Waals surface area contributed by atoms with Gasteiger partial charge in [0.1, 0.15) is 35.8 Å². The molecule has 8 rings (SSSR count). The van der Waals surface area contributed by atoms with Crippen LogP contribution in [0.4, 0.5) is 5.69 Å². The first-order chi connectivity index (χ1) is 29.4. The number of amides is 2. The predicted molar refractivity (Wildman–Crippen MR) is 233 cm³/mol. The number of methoxy groups -OCH3 is 1. The number of hydrogen-bond acceptors (Lipinski definition) is 10. The molecule has 1 aliphatic carbocycles. The minimum Gasteiger partial charge on any atom is -0.497 e. The summed E-state index contributed by atoms with van der Waals surface area (Å²) in [5.41, 5.74) is 4.03. The van der Waals surface area contributed by atoms with E-state index in [-0.39, 0.29) is 54.9 Å². The van der Waals surface area contributed by atoms with E-state index in [9.17, 15) is 25.2 Å². The summed E-state index contributed by atoms with van der Waals surface area (Å²) < 4.78 is 16.9. The van der Waals surface area contributed by atoms with Crippen molar-refractivity contribution in [2.24, 2.45) is 10.9 Å². The summed E-state index contributed by atoms with van der Waals surface area (Å²) >= 11 is 6.22. The Bertz CT molecular complexity index is 2360. The number of epoxide rings is 1. The van der Waals surface area contributed by atoms with Crippen LogP contribution in [0.5, 0.6) is 11.5 Å². The Morgan fingerprint density at radius 2 is 1.67 bits per heavy atom. The fraction of sp³-hybridized carbons (Fsp3) is 0.383. The minimum absolute atomic E-state index is 0.00217. The van der Waals surface area contributed by atoms with E-state index in [1.165, 1.54) is 4.90 Å². The zero-order valence-electron chi connectivity index (χ0n) is 34.3. The highest BCUT2D eigenvalue weighted by Gasteiger charge is 2.74. The van der Waals surface area contributed by atoms with Gasteiger partial charge in [0, 0.05) is 41.3 Å². The van der Waals surface area contributed by atoms with E-state index < -0.39 is 17.6 Å². The number of halogens is 1. The van der Waals surface area contributed by atoms with Crippen LogP contribution in [0.15, 0.2) is 96.0 Å². The molecule has 5 N–H and O–H groups in total. The zero-order chi connectivity index (χ0) is 42.9. The first-order valence-corrected chi connectivity index (χ1v) is 21.2. The molecule has 4 aliphatic rings. The summed E-state index contributed by atoms with van der Waals surface area (Å²) in [6, 6.07) is 26.9. The second-order valence-corrected chi connectivity index (χ2v) is 16.8. The highest BCUT2D eigenvalue weighted by atomic mass is 35.5. The second-order valence-electron chi connectivity index (χ2n) is 16.4. The molecule has 0 radical (unpaired) electrons. The number of nitrogens with zero attached hydrogens (tertiary/aromatic N) is 3. The van der Waals surface area contributed by atoms with Gasteiger partial charge < -0.3 is 34.6 Å². The van der Waals surface area contributed by atoms with Gasteiger partial charge in [0.15, 0.2) is 5.60 Å². The normalized spacial score (nSPS) is 21.3. The monoisotopic (exact) mass is 846 g/mol. The fourth-order valence-corrected chi connectivity index (χ4v) is 9.18. The topological polar surface area (TPSA) is 184 Å². The molecule has 0 spiro atoms. The summed E-state index contributed by atoms with van der Waals surface area (Å²) in [4.78, 5) is 35.6. The number of anilines is 1. The molecule has 318 valence electrons. The molecule has 1 unspecified atom stereocenters. The number of aliphatic imine (C=N–C) groups is 1. The van der Waals surface area contributed by atoms with Crippen molar-refractivity contribution in [3.8, 4) is 11.5 Å². The quantitative estimate of drug-likeness (QED) is 0.0435. The standard InChI is InChI=1S/C47H51ClN6O7/c1-29(49)54-41-18-17-37(59-2)25-39(41)43(32-13-15-36(48)16-14-32)52-40(44(54)50)26-42(55)51-27-30-7-5-8-33(23-30)31-19-21-53(22-20-31)45(56)34-9-6-12-38(24-34)60-28-46(47(57,58)61-46)35-10-3-4-11-35/h5-9,12-18,23-25,31,35,40,49-50,57-58H,3-4,10-11,19-22,26-28H2,1-2H3,(H,51,55)/t40-,46?/m0/s1. The first-order valence-electron chi connectivity index (χ1n) is 20.8. The van der Waals surface area contributed by atoms with Gasteiger partial charge >= 0.3 is 5.97 Å². The van der Waals surface area contributed by atoms with Gasteiger partial charge in [-0.1, -0.05) is 66.9 Å². The molecule has 0 bridgehead atoms. The van der Waals surface area contributed by atoms with E-state index >= 15 is 0 Å². The molecule has 61 heavy (non-hydrogen) atoms. The number of benzodiazepines with no additional fused rings is 1. The highest BCUT2D eigenvalue weighted by molar-refractivity contribution is 6.31. The van der Waals surface area contributed by atoms with E-state index in [0.29, 0.717) is 52.1 Å². The molecular formula is C47H51ClN6O7. The number of nitrogens with one attached hydrogen (secondary N) is 3. The van der Waals surface area contributed by atoms with Gasteiger partial charge in [-0.3, -0.25) is 30.3 Å². The van der Waals surface area contributed by atoms with E-state index in [2.05, 4.69) is 17.4 Å². The van der Waals surface area contributed by atoms with Crippen LogP contribution < -0.4 is 19.7 Å². The van der Waals surface area contributed by atoms with Crippen molar-refractivity contribution < 1.29 is 34.0 Å². The molecule has 0 aromatic heterocycles. The van der Waals surface area contributed by atoms with E-state index in [1.807, 2.05) is 35.2 Å². The lowest BCUT2D eigenvalue weighted by atomic mass is 9.88. The summed E-state index contributed by atoms with van der Waals surface area (Å²) in [7, 11) is 1.58. The maximum atomic E-state index is 13.6. The lowest BCUT2D eigenvalue weighted by Gasteiger charge is -2.32. The van der Waals surface area contributed by atoms with Gasteiger partial charge in [0.25, 0.3) is 5.91 Å². The molecule has 3 fully saturated rings. The number of hydrogen-bond donors (Lipinski definition) is 5.